The average Bonchev–Trinajstić information content (AvgIpc) is 3.13. The van der Waals surface area contributed by atoms with Crippen LogP contribution in [0.1, 0.15) is 30.9 Å². The number of likely N-dealkylation sites (tertiary alicyclic amines) is 1. The van der Waals surface area contributed by atoms with Crippen molar-refractivity contribution in [1.82, 2.24) is 24.6 Å². The van der Waals surface area contributed by atoms with Crippen LogP contribution in [0.2, 0.25) is 0 Å². The summed E-state index contributed by atoms with van der Waals surface area (Å²) in [5, 5.41) is 5.55. The highest BCUT2D eigenvalue weighted by Gasteiger charge is 2.37. The maximum atomic E-state index is 16.0. The third kappa shape index (κ3) is 3.52. The van der Waals surface area contributed by atoms with E-state index in [0.29, 0.717) is 30.7 Å². The molecule has 4 heterocycles. The van der Waals surface area contributed by atoms with Crippen molar-refractivity contribution < 1.29 is 9.13 Å². The number of likely N-dealkylation sites (N-methyl/N-ethyl adjacent to an activating group) is 1. The minimum absolute atomic E-state index is 0.305. The largest absolute Gasteiger partial charge is 0.467 e. The first-order valence-corrected chi connectivity index (χ1v) is 10.9. The van der Waals surface area contributed by atoms with Gasteiger partial charge in [-0.15, -0.1) is 0 Å². The van der Waals surface area contributed by atoms with Crippen molar-refractivity contribution >= 4 is 16.7 Å². The Morgan fingerprint density at radius 3 is 2.65 bits per heavy atom. The maximum Gasteiger partial charge on any atom is 0.320 e. The van der Waals surface area contributed by atoms with Crippen LogP contribution in [0.25, 0.3) is 16.7 Å². The molecule has 0 N–H and O–H groups in total. The Morgan fingerprint density at radius 2 is 1.94 bits per heavy atom. The van der Waals surface area contributed by atoms with Crippen LogP contribution in [0.15, 0.2) is 24.4 Å². The molecule has 2 aliphatic heterocycles. The number of benzene rings is 1. The smallest absolute Gasteiger partial charge is 0.320 e. The molecule has 0 spiro atoms. The van der Waals surface area contributed by atoms with Crippen LogP contribution in [0.5, 0.6) is 6.01 Å². The summed E-state index contributed by atoms with van der Waals surface area (Å²) < 4.78 is 23.2. The quantitative estimate of drug-likeness (QED) is 0.639. The molecule has 2 aliphatic rings. The van der Waals surface area contributed by atoms with E-state index in [1.165, 1.54) is 0 Å². The molecule has 7 nitrogen and oxygen atoms in total. The molecule has 2 aromatic heterocycles. The molecule has 8 heteroatoms. The lowest BCUT2D eigenvalue weighted by molar-refractivity contribution is 0.0559. The molecule has 1 unspecified atom stereocenters. The Bertz CT molecular complexity index is 1120. The number of aryl methyl sites for hydroxylation is 1. The third-order valence-corrected chi connectivity index (χ3v) is 6.50. The number of hydrogen-bond acceptors (Lipinski definition) is 6. The van der Waals surface area contributed by atoms with Gasteiger partial charge in [0.25, 0.3) is 0 Å². The van der Waals surface area contributed by atoms with Crippen molar-refractivity contribution in [2.75, 3.05) is 45.2 Å². The highest BCUT2D eigenvalue weighted by molar-refractivity contribution is 5.82. The number of aromatic nitrogens is 4. The monoisotopic (exact) mass is 424 g/mol. The lowest BCUT2D eigenvalue weighted by Gasteiger charge is -2.38. The zero-order valence-corrected chi connectivity index (χ0v) is 18.6. The molecule has 5 rings (SSSR count). The standard InChI is InChI=1S/C23H29FN6O/c1-15-12-29(13-15)20-10-21(27-22(26-20)31-4)30-19-9-18(16(2)8-17(19)11-25-30)23(24)6-5-7-28(3)14-23/h8-11,15H,5-7,12-14H2,1-4H3. The summed E-state index contributed by atoms with van der Waals surface area (Å²) in [6.45, 7) is 7.46. The average molecular weight is 425 g/mol. The third-order valence-electron chi connectivity index (χ3n) is 6.50. The molecule has 31 heavy (non-hydrogen) atoms. The van der Waals surface area contributed by atoms with Crippen molar-refractivity contribution in [3.8, 4) is 11.8 Å². The molecule has 0 radical (unpaired) electrons. The summed E-state index contributed by atoms with van der Waals surface area (Å²) in [5.74, 6) is 2.10. The number of rotatable bonds is 4. The summed E-state index contributed by atoms with van der Waals surface area (Å²) in [4.78, 5) is 13.3. The van der Waals surface area contributed by atoms with Gasteiger partial charge in [0, 0.05) is 31.1 Å². The maximum absolute atomic E-state index is 16.0. The fourth-order valence-corrected chi connectivity index (χ4v) is 4.94. The first kappa shape index (κ1) is 20.2. The Morgan fingerprint density at radius 1 is 1.16 bits per heavy atom. The van der Waals surface area contributed by atoms with Crippen LogP contribution in [0.4, 0.5) is 10.2 Å². The Labute approximate surface area is 181 Å². The molecule has 0 aliphatic carbocycles. The zero-order valence-electron chi connectivity index (χ0n) is 18.6. The number of halogens is 1. The molecule has 2 saturated heterocycles. The summed E-state index contributed by atoms with van der Waals surface area (Å²) in [6.07, 6.45) is 3.20. The first-order chi connectivity index (χ1) is 14.9. The Hall–Kier alpha value is -2.74. The van der Waals surface area contributed by atoms with Crippen LogP contribution in [-0.2, 0) is 5.67 Å². The number of piperidine rings is 1. The summed E-state index contributed by atoms with van der Waals surface area (Å²) in [6, 6.07) is 6.22. The van der Waals surface area contributed by atoms with Crippen LogP contribution >= 0.6 is 0 Å². The van der Waals surface area contributed by atoms with Gasteiger partial charge in [-0.25, -0.2) is 9.07 Å². The molecular formula is C23H29FN6O. The van der Waals surface area contributed by atoms with Gasteiger partial charge < -0.3 is 14.5 Å². The second-order valence-electron chi connectivity index (χ2n) is 9.17. The number of nitrogens with zero attached hydrogens (tertiary/aromatic N) is 6. The molecular weight excluding hydrogens is 395 g/mol. The van der Waals surface area contributed by atoms with Gasteiger partial charge in [0.05, 0.1) is 18.8 Å². The van der Waals surface area contributed by atoms with Gasteiger partial charge in [0.1, 0.15) is 11.5 Å². The number of fused-ring (bicyclic) bond motifs is 1. The summed E-state index contributed by atoms with van der Waals surface area (Å²) >= 11 is 0. The SMILES string of the molecule is COc1nc(N2CC(C)C2)cc(-n2ncc3cc(C)c(C4(F)CCCN(C)C4)cc32)n1. The van der Waals surface area contributed by atoms with Gasteiger partial charge in [-0.2, -0.15) is 15.1 Å². The zero-order chi connectivity index (χ0) is 21.8. The second-order valence-corrected chi connectivity index (χ2v) is 9.17. The van der Waals surface area contributed by atoms with E-state index in [-0.39, 0.29) is 0 Å². The van der Waals surface area contributed by atoms with E-state index >= 15 is 4.39 Å². The molecule has 164 valence electrons. The van der Waals surface area contributed by atoms with Gasteiger partial charge in [0.15, 0.2) is 5.82 Å². The topological polar surface area (TPSA) is 59.3 Å². The van der Waals surface area contributed by atoms with Gasteiger partial charge in [0.2, 0.25) is 0 Å². The molecule has 0 saturated carbocycles. The number of anilines is 1. The van der Waals surface area contributed by atoms with Crippen LogP contribution in [0.3, 0.4) is 0 Å². The van der Waals surface area contributed by atoms with Crippen molar-refractivity contribution in [2.45, 2.75) is 32.4 Å². The molecule has 3 aromatic rings. The summed E-state index contributed by atoms with van der Waals surface area (Å²) in [7, 11) is 3.55. The van der Waals surface area contributed by atoms with E-state index in [1.807, 2.05) is 38.4 Å². The number of methoxy groups -OCH3 is 1. The van der Waals surface area contributed by atoms with E-state index in [9.17, 15) is 0 Å². The van der Waals surface area contributed by atoms with E-state index in [4.69, 9.17) is 4.74 Å². The van der Waals surface area contributed by atoms with E-state index in [2.05, 4.69) is 31.8 Å². The summed E-state index contributed by atoms with van der Waals surface area (Å²) in [5.41, 5.74) is 1.18. The minimum Gasteiger partial charge on any atom is -0.467 e. The van der Waals surface area contributed by atoms with Crippen molar-refractivity contribution in [3.63, 3.8) is 0 Å². The van der Waals surface area contributed by atoms with Crippen LogP contribution in [0, 0.1) is 12.8 Å². The van der Waals surface area contributed by atoms with Gasteiger partial charge in [-0.1, -0.05) is 6.92 Å². The molecule has 1 aromatic carbocycles. The highest BCUT2D eigenvalue weighted by atomic mass is 19.1. The first-order valence-electron chi connectivity index (χ1n) is 10.9. The number of ether oxygens (including phenoxy) is 1. The van der Waals surface area contributed by atoms with E-state index in [0.717, 1.165) is 53.9 Å². The Kier molecular flexibility index (Phi) is 4.84. The molecule has 0 bridgehead atoms. The Balaban J connectivity index is 1.60. The fraction of sp³-hybridized carbons (Fsp3) is 0.522. The van der Waals surface area contributed by atoms with Gasteiger partial charge >= 0.3 is 6.01 Å². The van der Waals surface area contributed by atoms with Crippen LogP contribution in [-0.4, -0.2) is 65.0 Å². The van der Waals surface area contributed by atoms with Crippen LogP contribution < -0.4 is 9.64 Å². The second kappa shape index (κ2) is 7.44. The van der Waals surface area contributed by atoms with Gasteiger partial charge in [-0.05, 0) is 62.5 Å². The van der Waals surface area contributed by atoms with Crippen molar-refractivity contribution in [3.05, 3.63) is 35.5 Å². The molecule has 0 amide bonds. The molecule has 2 fully saturated rings. The van der Waals surface area contributed by atoms with Crippen molar-refractivity contribution in [2.24, 2.45) is 5.92 Å². The minimum atomic E-state index is -1.36. The molecule has 1 atom stereocenters. The lowest BCUT2D eigenvalue weighted by Crippen LogP contribution is -2.45. The van der Waals surface area contributed by atoms with E-state index in [1.54, 1.807) is 11.8 Å². The van der Waals surface area contributed by atoms with Gasteiger partial charge in [-0.3, -0.25) is 0 Å². The number of alkyl halides is 1. The predicted octanol–water partition coefficient (Wildman–Crippen LogP) is 3.48. The van der Waals surface area contributed by atoms with E-state index < -0.39 is 5.67 Å². The fourth-order valence-electron chi connectivity index (χ4n) is 4.94. The lowest BCUT2D eigenvalue weighted by atomic mass is 9.84. The van der Waals surface area contributed by atoms with Crippen molar-refractivity contribution in [1.29, 1.82) is 0 Å². The normalized spacial score (nSPS) is 22.7. The number of hydrogen-bond donors (Lipinski definition) is 0. The predicted molar refractivity (Wildman–Crippen MR) is 119 cm³/mol. The highest BCUT2D eigenvalue weighted by Crippen LogP contribution is 2.39.